The molecular weight excluding hydrogens is 517 g/mol. The van der Waals surface area contributed by atoms with Crippen molar-refractivity contribution in [2.75, 3.05) is 32.6 Å². The fraction of sp³-hybridized carbons (Fsp3) is 0.381. The molecule has 0 aromatic heterocycles. The molecule has 2 atom stereocenters. The molecule has 2 aromatic rings. The number of likely N-dealkylation sites (N-methyl/N-ethyl adjacent to an activating group) is 1. The first kappa shape index (κ1) is 21.5. The predicted molar refractivity (Wildman–Crippen MR) is 123 cm³/mol. The van der Waals surface area contributed by atoms with E-state index in [0.29, 0.717) is 17.0 Å². The van der Waals surface area contributed by atoms with E-state index in [-0.39, 0.29) is 22.9 Å². The van der Waals surface area contributed by atoms with E-state index in [1.807, 2.05) is 7.05 Å². The van der Waals surface area contributed by atoms with E-state index in [1.54, 1.807) is 53.9 Å². The van der Waals surface area contributed by atoms with Crippen LogP contribution in [0.25, 0.3) is 0 Å². The molecule has 0 radical (unpaired) electrons. The number of nitrogens with zero attached hydrogens (tertiary/aromatic N) is 2. The van der Waals surface area contributed by atoms with Crippen LogP contribution in [0, 0.1) is 3.57 Å². The Morgan fingerprint density at radius 2 is 1.73 bits per heavy atom. The molecule has 0 spiro atoms. The highest BCUT2D eigenvalue weighted by Crippen LogP contribution is 2.35. The minimum atomic E-state index is -3.55. The van der Waals surface area contributed by atoms with Gasteiger partial charge in [-0.3, -0.25) is 4.79 Å². The quantitative estimate of drug-likeness (QED) is 0.590. The topological polar surface area (TPSA) is 78.9 Å². The molecule has 30 heavy (non-hydrogen) atoms. The third-order valence-electron chi connectivity index (χ3n) is 5.70. The fourth-order valence-corrected chi connectivity index (χ4v) is 6.90. The first-order valence-corrected chi connectivity index (χ1v) is 12.3. The molecule has 2 unspecified atom stereocenters. The Balaban J connectivity index is 1.49. The van der Waals surface area contributed by atoms with Crippen LogP contribution in [0.15, 0.2) is 47.4 Å². The van der Waals surface area contributed by atoms with E-state index in [4.69, 9.17) is 4.74 Å². The Kier molecular flexibility index (Phi) is 6.06. The van der Waals surface area contributed by atoms with Crippen molar-refractivity contribution in [1.29, 1.82) is 0 Å². The van der Waals surface area contributed by atoms with Gasteiger partial charge in [-0.2, -0.15) is 4.31 Å². The van der Waals surface area contributed by atoms with Crippen LogP contribution in [0.2, 0.25) is 0 Å². The van der Waals surface area contributed by atoms with E-state index >= 15 is 0 Å². The second kappa shape index (κ2) is 8.45. The summed E-state index contributed by atoms with van der Waals surface area (Å²) in [4.78, 5) is 15.0. The fourth-order valence-electron chi connectivity index (χ4n) is 4.31. The summed E-state index contributed by atoms with van der Waals surface area (Å²) in [5.41, 5.74) is 1.05. The lowest BCUT2D eigenvalue weighted by Gasteiger charge is -2.38. The molecule has 0 aliphatic carbocycles. The standard InChI is InChI=1S/C21H24IN3O4S/c1-24-12-16-6-7-17(13-24)25(16)30(27,28)18-8-4-15(5-9-18)23-21(26)14-3-10-20(29-2)19(22)11-14/h3-5,8-11,16-17H,6-7,12-13H2,1-2H3,(H,23,26). The number of rotatable bonds is 5. The van der Waals surface area contributed by atoms with Gasteiger partial charge in [-0.05, 0) is 84.9 Å². The van der Waals surface area contributed by atoms with Crippen LogP contribution in [0.3, 0.4) is 0 Å². The molecule has 2 bridgehead atoms. The van der Waals surface area contributed by atoms with Gasteiger partial charge in [-0.15, -0.1) is 0 Å². The molecule has 0 saturated carbocycles. The van der Waals surface area contributed by atoms with Crippen molar-refractivity contribution in [3.8, 4) is 5.75 Å². The van der Waals surface area contributed by atoms with Gasteiger partial charge in [-0.1, -0.05) is 0 Å². The van der Waals surface area contributed by atoms with E-state index in [0.717, 1.165) is 29.5 Å². The molecule has 1 N–H and O–H groups in total. The Bertz CT molecular complexity index is 1040. The summed E-state index contributed by atoms with van der Waals surface area (Å²) in [7, 11) is 0.0691. The van der Waals surface area contributed by atoms with Crippen LogP contribution in [-0.2, 0) is 10.0 Å². The highest BCUT2D eigenvalue weighted by molar-refractivity contribution is 14.1. The van der Waals surface area contributed by atoms with Crippen LogP contribution in [0.4, 0.5) is 5.69 Å². The smallest absolute Gasteiger partial charge is 0.255 e. The zero-order chi connectivity index (χ0) is 21.5. The maximum atomic E-state index is 13.2. The van der Waals surface area contributed by atoms with Crippen LogP contribution >= 0.6 is 22.6 Å². The van der Waals surface area contributed by atoms with Crippen molar-refractivity contribution in [1.82, 2.24) is 9.21 Å². The molecule has 4 rings (SSSR count). The van der Waals surface area contributed by atoms with Gasteiger partial charge in [0.05, 0.1) is 15.6 Å². The van der Waals surface area contributed by atoms with Crippen molar-refractivity contribution < 1.29 is 17.9 Å². The number of ether oxygens (including phenoxy) is 1. The van der Waals surface area contributed by atoms with Gasteiger partial charge in [0.1, 0.15) is 5.75 Å². The number of benzene rings is 2. The summed E-state index contributed by atoms with van der Waals surface area (Å²) in [6, 6.07) is 11.7. The summed E-state index contributed by atoms with van der Waals surface area (Å²) in [6.07, 6.45) is 1.81. The minimum Gasteiger partial charge on any atom is -0.496 e. The first-order chi connectivity index (χ1) is 14.3. The number of amides is 1. The lowest BCUT2D eigenvalue weighted by Crippen LogP contribution is -2.54. The molecule has 9 heteroatoms. The van der Waals surface area contributed by atoms with Crippen molar-refractivity contribution >= 4 is 44.2 Å². The molecule has 2 heterocycles. The number of hydrogen-bond donors (Lipinski definition) is 1. The largest absolute Gasteiger partial charge is 0.496 e. The Morgan fingerprint density at radius 1 is 1.10 bits per heavy atom. The molecule has 2 aliphatic rings. The second-order valence-corrected chi connectivity index (χ2v) is 10.8. The maximum Gasteiger partial charge on any atom is 0.255 e. The number of hydrogen-bond acceptors (Lipinski definition) is 5. The highest BCUT2D eigenvalue weighted by atomic mass is 127. The van der Waals surface area contributed by atoms with Crippen molar-refractivity contribution in [3.05, 3.63) is 51.6 Å². The van der Waals surface area contributed by atoms with Crippen LogP contribution in [-0.4, -0.2) is 62.9 Å². The third-order valence-corrected chi connectivity index (χ3v) is 8.56. The number of halogens is 1. The molecule has 7 nitrogen and oxygen atoms in total. The van der Waals surface area contributed by atoms with Crippen LogP contribution in [0.1, 0.15) is 23.2 Å². The normalized spacial score (nSPS) is 22.1. The number of piperazine rings is 1. The van der Waals surface area contributed by atoms with E-state index in [1.165, 1.54) is 0 Å². The summed E-state index contributed by atoms with van der Waals surface area (Å²) >= 11 is 2.11. The number of likely N-dealkylation sites (tertiary alicyclic amines) is 1. The Hall–Kier alpha value is -1.69. The SMILES string of the molecule is COc1ccc(C(=O)Nc2ccc(S(=O)(=O)N3C4CCC3CN(C)C4)cc2)cc1I. The Labute approximate surface area is 190 Å². The molecule has 2 aliphatic heterocycles. The second-order valence-electron chi connectivity index (χ2n) is 7.77. The van der Waals surface area contributed by atoms with Gasteiger partial charge in [0, 0.05) is 36.4 Å². The number of methoxy groups -OCH3 is 1. The third kappa shape index (κ3) is 4.08. The lowest BCUT2D eigenvalue weighted by molar-refractivity contribution is 0.102. The number of sulfonamides is 1. The number of nitrogens with one attached hydrogen (secondary N) is 1. The predicted octanol–water partition coefficient (Wildman–Crippen LogP) is 3.02. The van der Waals surface area contributed by atoms with Gasteiger partial charge < -0.3 is 15.0 Å². The van der Waals surface area contributed by atoms with Crippen molar-refractivity contribution in [3.63, 3.8) is 0 Å². The molecule has 2 aromatic carbocycles. The Morgan fingerprint density at radius 3 is 2.30 bits per heavy atom. The molecule has 2 fully saturated rings. The van der Waals surface area contributed by atoms with E-state index < -0.39 is 10.0 Å². The molecule has 160 valence electrons. The molecule has 2 saturated heterocycles. The summed E-state index contributed by atoms with van der Waals surface area (Å²) in [6.45, 7) is 1.54. The molecule has 1 amide bonds. The van der Waals surface area contributed by atoms with E-state index in [2.05, 4.69) is 32.8 Å². The number of anilines is 1. The zero-order valence-electron chi connectivity index (χ0n) is 16.8. The summed E-state index contributed by atoms with van der Waals surface area (Å²) in [5, 5.41) is 2.82. The van der Waals surface area contributed by atoms with Crippen LogP contribution < -0.4 is 10.1 Å². The number of carbonyl (C=O) groups excluding carboxylic acids is 1. The zero-order valence-corrected chi connectivity index (χ0v) is 19.8. The minimum absolute atomic E-state index is 0.0377. The average molecular weight is 541 g/mol. The van der Waals surface area contributed by atoms with Gasteiger partial charge in [0.25, 0.3) is 5.91 Å². The van der Waals surface area contributed by atoms with Crippen LogP contribution in [0.5, 0.6) is 5.75 Å². The van der Waals surface area contributed by atoms with E-state index in [9.17, 15) is 13.2 Å². The summed E-state index contributed by atoms with van der Waals surface area (Å²) < 4.78 is 34.2. The van der Waals surface area contributed by atoms with Gasteiger partial charge in [-0.25, -0.2) is 8.42 Å². The monoisotopic (exact) mass is 541 g/mol. The maximum absolute atomic E-state index is 13.2. The summed E-state index contributed by atoms with van der Waals surface area (Å²) in [5.74, 6) is 0.447. The lowest BCUT2D eigenvalue weighted by atomic mass is 10.2. The van der Waals surface area contributed by atoms with Gasteiger partial charge in [0.2, 0.25) is 10.0 Å². The van der Waals surface area contributed by atoms with Crippen molar-refractivity contribution in [2.45, 2.75) is 29.8 Å². The average Bonchev–Trinajstić information content (AvgIpc) is 3.01. The number of fused-ring (bicyclic) bond motifs is 2. The number of carbonyl (C=O) groups is 1. The molecular formula is C21H24IN3O4S. The van der Waals surface area contributed by atoms with Crippen molar-refractivity contribution in [2.24, 2.45) is 0 Å². The van der Waals surface area contributed by atoms with Gasteiger partial charge >= 0.3 is 0 Å². The van der Waals surface area contributed by atoms with Gasteiger partial charge in [0.15, 0.2) is 0 Å². The highest BCUT2D eigenvalue weighted by Gasteiger charge is 2.45. The first-order valence-electron chi connectivity index (χ1n) is 9.76.